The van der Waals surface area contributed by atoms with Crippen molar-refractivity contribution in [3.05, 3.63) is 53.4 Å². The van der Waals surface area contributed by atoms with E-state index in [-0.39, 0.29) is 5.56 Å². The van der Waals surface area contributed by atoms with Gasteiger partial charge < -0.3 is 5.11 Å². The van der Waals surface area contributed by atoms with Crippen molar-refractivity contribution in [2.24, 2.45) is 0 Å². The zero-order valence-corrected chi connectivity index (χ0v) is 10.00. The molecule has 18 heavy (non-hydrogen) atoms. The molecule has 0 fully saturated rings. The van der Waals surface area contributed by atoms with E-state index in [0.29, 0.717) is 24.4 Å². The van der Waals surface area contributed by atoms with Gasteiger partial charge in [-0.2, -0.15) is 0 Å². The quantitative estimate of drug-likeness (QED) is 0.884. The molecule has 0 bridgehead atoms. The number of pyridine rings is 1. The maximum Gasteiger partial charge on any atom is 0.339 e. The van der Waals surface area contributed by atoms with Crippen LogP contribution in [0.1, 0.15) is 34.5 Å². The van der Waals surface area contributed by atoms with Gasteiger partial charge in [0.1, 0.15) is 5.82 Å². The number of carboxylic acid groups (broad SMARTS) is 1. The lowest BCUT2D eigenvalue weighted by molar-refractivity contribution is 0.0694. The van der Waals surface area contributed by atoms with Crippen LogP contribution < -0.4 is 0 Å². The Morgan fingerprint density at radius 2 is 2.17 bits per heavy atom. The van der Waals surface area contributed by atoms with Crippen LogP contribution in [0, 0.1) is 0 Å². The van der Waals surface area contributed by atoms with Gasteiger partial charge >= 0.3 is 5.97 Å². The van der Waals surface area contributed by atoms with E-state index in [1.165, 1.54) is 6.20 Å². The summed E-state index contributed by atoms with van der Waals surface area (Å²) in [5.41, 5.74) is 1.59. The van der Waals surface area contributed by atoms with E-state index >= 15 is 0 Å². The molecule has 0 saturated heterocycles. The third-order valence-electron chi connectivity index (χ3n) is 2.55. The normalized spacial score (nSPS) is 10.3. The number of rotatable bonds is 4. The van der Waals surface area contributed by atoms with Crippen LogP contribution in [0.2, 0.25) is 0 Å². The minimum absolute atomic E-state index is 0.169. The van der Waals surface area contributed by atoms with Crippen LogP contribution in [0.15, 0.2) is 30.6 Å². The minimum atomic E-state index is -0.990. The number of aromatic nitrogens is 3. The summed E-state index contributed by atoms with van der Waals surface area (Å²) in [5.74, 6) is -0.396. The molecule has 0 aromatic carbocycles. The molecule has 5 nitrogen and oxygen atoms in total. The fraction of sp³-hybridized carbons (Fsp3) is 0.231. The summed E-state index contributed by atoms with van der Waals surface area (Å²) in [6.07, 6.45) is 4.15. The highest BCUT2D eigenvalue weighted by Gasteiger charge is 2.12. The molecular formula is C13H13N3O2. The average molecular weight is 243 g/mol. The smallest absolute Gasteiger partial charge is 0.339 e. The van der Waals surface area contributed by atoms with Gasteiger partial charge in [0.2, 0.25) is 0 Å². The van der Waals surface area contributed by atoms with E-state index in [0.717, 1.165) is 5.69 Å². The topological polar surface area (TPSA) is 76.0 Å². The maximum absolute atomic E-state index is 11.0. The van der Waals surface area contributed by atoms with Gasteiger partial charge in [0, 0.05) is 18.1 Å². The Morgan fingerprint density at radius 1 is 1.33 bits per heavy atom. The summed E-state index contributed by atoms with van der Waals surface area (Å²) in [4.78, 5) is 23.5. The predicted octanol–water partition coefficient (Wildman–Crippen LogP) is 1.72. The predicted molar refractivity (Wildman–Crippen MR) is 65.4 cm³/mol. The van der Waals surface area contributed by atoms with Crippen LogP contribution in [-0.2, 0) is 12.8 Å². The van der Waals surface area contributed by atoms with Crippen LogP contribution in [0.4, 0.5) is 0 Å². The van der Waals surface area contributed by atoms with Crippen molar-refractivity contribution in [1.29, 1.82) is 0 Å². The Bertz CT molecular complexity index is 555. The molecule has 2 aromatic heterocycles. The van der Waals surface area contributed by atoms with Gasteiger partial charge in [-0.3, -0.25) is 4.98 Å². The molecule has 2 heterocycles. The van der Waals surface area contributed by atoms with Crippen molar-refractivity contribution in [3.8, 4) is 0 Å². The fourth-order valence-electron chi connectivity index (χ4n) is 1.66. The molecule has 1 N–H and O–H groups in total. The lowest BCUT2D eigenvalue weighted by Gasteiger charge is -2.05. The van der Waals surface area contributed by atoms with E-state index in [1.807, 2.05) is 25.1 Å². The van der Waals surface area contributed by atoms with Crippen LogP contribution in [0.5, 0.6) is 0 Å². The highest BCUT2D eigenvalue weighted by Crippen LogP contribution is 2.09. The van der Waals surface area contributed by atoms with E-state index in [1.54, 1.807) is 6.20 Å². The van der Waals surface area contributed by atoms with Crippen molar-refractivity contribution < 1.29 is 9.90 Å². The lowest BCUT2D eigenvalue weighted by atomic mass is 10.2. The number of nitrogens with zero attached hydrogens (tertiary/aromatic N) is 3. The molecule has 0 aliphatic heterocycles. The number of hydrogen-bond acceptors (Lipinski definition) is 4. The summed E-state index contributed by atoms with van der Waals surface area (Å²) in [6.45, 7) is 1.87. The van der Waals surface area contributed by atoms with Crippen LogP contribution in [-0.4, -0.2) is 26.0 Å². The van der Waals surface area contributed by atoms with E-state index < -0.39 is 5.97 Å². The van der Waals surface area contributed by atoms with Gasteiger partial charge in [-0.15, -0.1) is 0 Å². The molecule has 0 atom stereocenters. The molecule has 2 rings (SSSR count). The highest BCUT2D eigenvalue weighted by atomic mass is 16.4. The molecule has 92 valence electrons. The molecule has 0 unspecified atom stereocenters. The summed E-state index contributed by atoms with van der Waals surface area (Å²) in [5, 5.41) is 8.99. The summed E-state index contributed by atoms with van der Waals surface area (Å²) < 4.78 is 0. The molecule has 0 radical (unpaired) electrons. The van der Waals surface area contributed by atoms with Crippen molar-refractivity contribution in [2.45, 2.75) is 19.8 Å². The molecule has 0 saturated carbocycles. The molecule has 0 spiro atoms. The molecule has 5 heteroatoms. The zero-order valence-electron chi connectivity index (χ0n) is 10.00. The van der Waals surface area contributed by atoms with Gasteiger partial charge in [-0.05, 0) is 18.6 Å². The van der Waals surface area contributed by atoms with Gasteiger partial charge in [0.05, 0.1) is 17.7 Å². The Morgan fingerprint density at radius 3 is 2.78 bits per heavy atom. The molecule has 2 aromatic rings. The van der Waals surface area contributed by atoms with Gasteiger partial charge in [0.15, 0.2) is 0 Å². The van der Waals surface area contributed by atoms with E-state index in [2.05, 4.69) is 15.0 Å². The first kappa shape index (κ1) is 12.2. The standard InChI is InChI=1S/C13H13N3O2/c1-2-11-10(13(17)18)8-15-12(16-11)7-9-5-3-4-6-14-9/h3-6,8H,2,7H2,1H3,(H,17,18). The summed E-state index contributed by atoms with van der Waals surface area (Å²) in [6, 6.07) is 5.63. The Kier molecular flexibility index (Phi) is 3.62. The lowest BCUT2D eigenvalue weighted by Crippen LogP contribution is -2.09. The number of hydrogen-bond donors (Lipinski definition) is 1. The second-order valence-corrected chi connectivity index (χ2v) is 3.80. The van der Waals surface area contributed by atoms with Gasteiger partial charge in [-0.1, -0.05) is 13.0 Å². The maximum atomic E-state index is 11.0. The Labute approximate surface area is 105 Å². The third-order valence-corrected chi connectivity index (χ3v) is 2.55. The number of carbonyl (C=O) groups is 1. The summed E-state index contributed by atoms with van der Waals surface area (Å²) in [7, 11) is 0. The second-order valence-electron chi connectivity index (χ2n) is 3.80. The van der Waals surface area contributed by atoms with Gasteiger partial charge in [0.25, 0.3) is 0 Å². The fourth-order valence-corrected chi connectivity index (χ4v) is 1.66. The Balaban J connectivity index is 2.28. The second kappa shape index (κ2) is 5.35. The van der Waals surface area contributed by atoms with E-state index in [4.69, 9.17) is 5.11 Å². The number of carboxylic acids is 1. The average Bonchev–Trinajstić information content (AvgIpc) is 2.39. The van der Waals surface area contributed by atoms with Crippen molar-refractivity contribution in [1.82, 2.24) is 15.0 Å². The SMILES string of the molecule is CCc1nc(Cc2ccccn2)ncc1C(=O)O. The molecular weight excluding hydrogens is 230 g/mol. The molecule has 0 amide bonds. The number of aryl methyl sites for hydroxylation is 1. The van der Waals surface area contributed by atoms with E-state index in [9.17, 15) is 4.79 Å². The van der Waals surface area contributed by atoms with Crippen molar-refractivity contribution in [2.75, 3.05) is 0 Å². The Hall–Kier alpha value is -2.30. The zero-order chi connectivity index (χ0) is 13.0. The van der Waals surface area contributed by atoms with Crippen molar-refractivity contribution in [3.63, 3.8) is 0 Å². The molecule has 0 aliphatic rings. The summed E-state index contributed by atoms with van der Waals surface area (Å²) >= 11 is 0. The van der Waals surface area contributed by atoms with Gasteiger partial charge in [-0.25, -0.2) is 14.8 Å². The first-order valence-corrected chi connectivity index (χ1v) is 5.68. The monoisotopic (exact) mass is 243 g/mol. The largest absolute Gasteiger partial charge is 0.478 e. The van der Waals surface area contributed by atoms with Crippen LogP contribution >= 0.6 is 0 Å². The minimum Gasteiger partial charge on any atom is -0.478 e. The first-order valence-electron chi connectivity index (χ1n) is 5.68. The number of aromatic carboxylic acids is 1. The third kappa shape index (κ3) is 2.68. The van der Waals surface area contributed by atoms with Crippen LogP contribution in [0.25, 0.3) is 0 Å². The highest BCUT2D eigenvalue weighted by molar-refractivity contribution is 5.88. The first-order chi connectivity index (χ1) is 8.70. The van der Waals surface area contributed by atoms with Crippen LogP contribution in [0.3, 0.4) is 0 Å². The molecule has 0 aliphatic carbocycles. The van der Waals surface area contributed by atoms with Crippen molar-refractivity contribution >= 4 is 5.97 Å².